The van der Waals surface area contributed by atoms with Crippen molar-refractivity contribution in [1.82, 2.24) is 0 Å². The van der Waals surface area contributed by atoms with Crippen molar-refractivity contribution in [3.8, 4) is 11.5 Å². The van der Waals surface area contributed by atoms with Crippen LogP contribution in [0.5, 0.6) is 11.5 Å². The minimum Gasteiger partial charge on any atom is -0.490 e. The van der Waals surface area contributed by atoms with Crippen LogP contribution in [0.1, 0.15) is 77.3 Å². The number of aryl methyl sites for hydroxylation is 1. The summed E-state index contributed by atoms with van der Waals surface area (Å²) < 4.78 is 18.9. The lowest BCUT2D eigenvalue weighted by atomic mass is 9.65. The Morgan fingerprint density at radius 1 is 0.952 bits per heavy atom. The van der Waals surface area contributed by atoms with Crippen molar-refractivity contribution in [2.24, 2.45) is 10.8 Å². The third-order valence-corrected chi connectivity index (χ3v) is 8.49. The third-order valence-electron chi connectivity index (χ3n) is 7.90. The van der Waals surface area contributed by atoms with Crippen LogP contribution < -0.4 is 14.8 Å². The van der Waals surface area contributed by atoms with E-state index in [1.54, 1.807) is 0 Å². The van der Waals surface area contributed by atoms with E-state index >= 15 is 0 Å². The fourth-order valence-corrected chi connectivity index (χ4v) is 6.80. The van der Waals surface area contributed by atoms with Crippen LogP contribution in [0.4, 0.5) is 5.69 Å². The number of nitrogens with one attached hydrogen (secondary N) is 1. The molecule has 0 atom stereocenters. The molecule has 0 spiro atoms. The van der Waals surface area contributed by atoms with Crippen LogP contribution >= 0.6 is 15.9 Å². The summed E-state index contributed by atoms with van der Waals surface area (Å²) in [6, 6.07) is 11.2. The molecule has 0 aromatic heterocycles. The first-order valence-electron chi connectivity index (χ1n) is 14.4. The highest BCUT2D eigenvalue weighted by Crippen LogP contribution is 2.54. The number of anilines is 1. The van der Waals surface area contributed by atoms with E-state index in [9.17, 15) is 14.4 Å². The maximum Gasteiger partial charge on any atom is 0.262 e. The number of Topliss-reactive ketones (excluding diaryl/α,β-unsaturated/α-hetero) is 2. The Bertz CT molecular complexity index is 1480. The topological polar surface area (TPSA) is 90.9 Å². The second-order valence-electron chi connectivity index (χ2n) is 13.1. The number of ether oxygens (including phenoxy) is 3. The second kappa shape index (κ2) is 11.4. The molecule has 7 nitrogen and oxygen atoms in total. The Balaban J connectivity index is 1.52. The predicted octanol–water partition coefficient (Wildman–Crippen LogP) is 7.57. The smallest absolute Gasteiger partial charge is 0.262 e. The Morgan fingerprint density at radius 3 is 2.14 bits per heavy atom. The van der Waals surface area contributed by atoms with Gasteiger partial charge in [0.2, 0.25) is 0 Å². The van der Waals surface area contributed by atoms with Crippen molar-refractivity contribution >= 4 is 39.1 Å². The zero-order chi connectivity index (χ0) is 30.4. The van der Waals surface area contributed by atoms with Gasteiger partial charge in [0, 0.05) is 48.4 Å². The van der Waals surface area contributed by atoms with E-state index < -0.39 is 5.92 Å². The summed E-state index contributed by atoms with van der Waals surface area (Å²) in [4.78, 5) is 40.0. The Kier molecular flexibility index (Phi) is 8.14. The molecule has 1 amide bonds. The highest BCUT2D eigenvalue weighted by molar-refractivity contribution is 9.10. The molecule has 0 fully saturated rings. The van der Waals surface area contributed by atoms with Gasteiger partial charge in [0.1, 0.15) is 11.5 Å². The summed E-state index contributed by atoms with van der Waals surface area (Å²) in [5, 5.41) is 2.85. The molecular weight excluding hydrogens is 598 g/mol. The molecule has 8 heteroatoms. The molecular formula is C34H38BrNO6. The Morgan fingerprint density at radius 2 is 1.57 bits per heavy atom. The van der Waals surface area contributed by atoms with Gasteiger partial charge in [0.05, 0.1) is 11.1 Å². The van der Waals surface area contributed by atoms with E-state index in [1.807, 2.05) is 50.2 Å². The van der Waals surface area contributed by atoms with Gasteiger partial charge in [-0.05, 0) is 76.0 Å². The summed E-state index contributed by atoms with van der Waals surface area (Å²) in [6.45, 7) is 12.2. The third kappa shape index (κ3) is 6.19. The van der Waals surface area contributed by atoms with E-state index in [4.69, 9.17) is 14.2 Å². The van der Waals surface area contributed by atoms with Gasteiger partial charge in [-0.15, -0.1) is 0 Å². The first-order chi connectivity index (χ1) is 19.8. The van der Waals surface area contributed by atoms with Gasteiger partial charge in [-0.1, -0.05) is 39.8 Å². The standard InChI is InChI=1S/C34H38BrNO6/c1-7-40-25-13-20(12-22(35)32(25)41-18-28(39)36-21-10-8-9-19(2)11-21)29-30-23(37)14-33(3,4)16-26(30)42-27-17-34(5,6)15-24(38)31(27)29/h8-13,29H,7,14-18H2,1-6H3,(H,36,39). The summed E-state index contributed by atoms with van der Waals surface area (Å²) in [5.74, 6) is 1.25. The van der Waals surface area contributed by atoms with Crippen molar-refractivity contribution in [2.45, 2.75) is 73.1 Å². The predicted molar refractivity (Wildman–Crippen MR) is 165 cm³/mol. The van der Waals surface area contributed by atoms with Gasteiger partial charge in [-0.2, -0.15) is 0 Å². The number of carbonyl (C=O) groups excluding carboxylic acids is 3. The van der Waals surface area contributed by atoms with E-state index in [0.717, 1.165) is 11.1 Å². The molecule has 1 N–H and O–H groups in total. The van der Waals surface area contributed by atoms with Crippen molar-refractivity contribution in [3.63, 3.8) is 0 Å². The lowest BCUT2D eigenvalue weighted by molar-refractivity contribution is -0.120. The summed E-state index contributed by atoms with van der Waals surface area (Å²) in [5.41, 5.74) is 3.11. The molecule has 2 aliphatic carbocycles. The number of hydrogen-bond donors (Lipinski definition) is 1. The zero-order valence-electron chi connectivity index (χ0n) is 25.1. The summed E-state index contributed by atoms with van der Waals surface area (Å²) >= 11 is 3.63. The molecule has 1 aliphatic heterocycles. The molecule has 1 heterocycles. The molecule has 0 saturated heterocycles. The molecule has 3 aliphatic rings. The highest BCUT2D eigenvalue weighted by Gasteiger charge is 2.48. The number of halogens is 1. The maximum absolute atomic E-state index is 13.7. The molecule has 222 valence electrons. The summed E-state index contributed by atoms with van der Waals surface area (Å²) in [6.07, 6.45) is 1.99. The quantitative estimate of drug-likeness (QED) is 0.337. The fraction of sp³-hybridized carbons (Fsp3) is 0.441. The number of amides is 1. The zero-order valence-corrected chi connectivity index (χ0v) is 26.7. The normalized spacial score (nSPS) is 19.6. The van der Waals surface area contributed by atoms with Crippen molar-refractivity contribution in [3.05, 3.63) is 74.7 Å². The molecule has 2 aromatic rings. The van der Waals surface area contributed by atoms with Crippen LogP contribution in [0.2, 0.25) is 0 Å². The number of allylic oxidation sites excluding steroid dienone is 4. The largest absolute Gasteiger partial charge is 0.490 e. The second-order valence-corrected chi connectivity index (χ2v) is 13.9. The first-order valence-corrected chi connectivity index (χ1v) is 15.2. The maximum atomic E-state index is 13.7. The van der Waals surface area contributed by atoms with Crippen LogP contribution in [-0.2, 0) is 19.1 Å². The van der Waals surface area contributed by atoms with Gasteiger partial charge in [-0.3, -0.25) is 14.4 Å². The van der Waals surface area contributed by atoms with Gasteiger partial charge in [-0.25, -0.2) is 0 Å². The van der Waals surface area contributed by atoms with Gasteiger partial charge in [0.25, 0.3) is 5.91 Å². The molecule has 0 unspecified atom stereocenters. The van der Waals surface area contributed by atoms with Gasteiger partial charge in [0.15, 0.2) is 29.7 Å². The average Bonchev–Trinajstić information content (AvgIpc) is 2.85. The average molecular weight is 637 g/mol. The number of rotatable bonds is 7. The number of ketones is 2. The fourth-order valence-electron chi connectivity index (χ4n) is 6.22. The van der Waals surface area contributed by atoms with Crippen LogP contribution in [0.3, 0.4) is 0 Å². The lowest BCUT2D eigenvalue weighted by Gasteiger charge is -2.42. The molecule has 2 aromatic carbocycles. The van der Waals surface area contributed by atoms with Crippen molar-refractivity contribution in [2.75, 3.05) is 18.5 Å². The van der Waals surface area contributed by atoms with Crippen LogP contribution in [-0.4, -0.2) is 30.7 Å². The number of benzene rings is 2. The van der Waals surface area contributed by atoms with E-state index in [1.165, 1.54) is 0 Å². The van der Waals surface area contributed by atoms with Crippen LogP contribution in [0.25, 0.3) is 0 Å². The molecule has 0 bridgehead atoms. The Labute approximate surface area is 255 Å². The SMILES string of the molecule is CCOc1cc(C2C3=C(CC(C)(C)CC3=O)OC3=C2C(=O)CC(C)(C)C3)cc(Br)c1OCC(=O)Nc1cccc(C)c1. The van der Waals surface area contributed by atoms with Crippen molar-refractivity contribution < 1.29 is 28.6 Å². The minimum atomic E-state index is -0.565. The lowest BCUT2D eigenvalue weighted by Crippen LogP contribution is -2.37. The van der Waals surface area contributed by atoms with Crippen LogP contribution in [0.15, 0.2) is 63.5 Å². The molecule has 0 radical (unpaired) electrons. The van der Waals surface area contributed by atoms with E-state index in [2.05, 4.69) is 48.9 Å². The number of hydrogen-bond acceptors (Lipinski definition) is 6. The molecule has 5 rings (SSSR count). The number of carbonyl (C=O) groups is 3. The Hall–Kier alpha value is -3.39. The summed E-state index contributed by atoms with van der Waals surface area (Å²) in [7, 11) is 0. The highest BCUT2D eigenvalue weighted by atomic mass is 79.9. The van der Waals surface area contributed by atoms with Crippen molar-refractivity contribution in [1.29, 1.82) is 0 Å². The van der Waals surface area contributed by atoms with Gasteiger partial charge >= 0.3 is 0 Å². The van der Waals surface area contributed by atoms with Gasteiger partial charge < -0.3 is 19.5 Å². The molecule has 42 heavy (non-hydrogen) atoms. The monoisotopic (exact) mass is 635 g/mol. The first kappa shape index (κ1) is 30.1. The van der Waals surface area contributed by atoms with Crippen LogP contribution in [0, 0.1) is 17.8 Å². The van der Waals surface area contributed by atoms with E-state index in [0.29, 0.717) is 76.6 Å². The minimum absolute atomic E-state index is 0.00216. The molecule has 0 saturated carbocycles. The van der Waals surface area contributed by atoms with E-state index in [-0.39, 0.29) is 34.9 Å².